The fraction of sp³-hybridized carbons (Fsp3) is 0.571. The maximum absolute atomic E-state index is 11.2. The Balaban J connectivity index is 1.82. The minimum atomic E-state index is -0.616. The third kappa shape index (κ3) is 2.74. The van der Waals surface area contributed by atoms with Gasteiger partial charge in [-0.2, -0.15) is 0 Å². The SMILES string of the molecule is O=[N+]([O-])c1ccc(NC2CCN3CCCCC23)c([N+](=O)[O-])c1. The number of hydrogen-bond donors (Lipinski definition) is 1. The number of nitrogens with zero attached hydrogens (tertiary/aromatic N) is 3. The smallest absolute Gasteiger partial charge is 0.299 e. The molecule has 0 bridgehead atoms. The Morgan fingerprint density at radius 2 is 1.91 bits per heavy atom. The summed E-state index contributed by atoms with van der Waals surface area (Å²) in [5, 5.41) is 25.2. The average Bonchev–Trinajstić information content (AvgIpc) is 2.90. The van der Waals surface area contributed by atoms with Crippen LogP contribution in [0.5, 0.6) is 0 Å². The summed E-state index contributed by atoms with van der Waals surface area (Å²) >= 11 is 0. The van der Waals surface area contributed by atoms with Crippen LogP contribution >= 0.6 is 0 Å². The first kappa shape index (κ1) is 14.7. The van der Waals surface area contributed by atoms with E-state index in [1.165, 1.54) is 25.0 Å². The molecule has 0 amide bonds. The molecular weight excluding hydrogens is 288 g/mol. The van der Waals surface area contributed by atoms with E-state index in [2.05, 4.69) is 10.2 Å². The van der Waals surface area contributed by atoms with Gasteiger partial charge in [0.05, 0.1) is 15.9 Å². The lowest BCUT2D eigenvalue weighted by Gasteiger charge is -2.32. The average molecular weight is 306 g/mol. The lowest BCUT2D eigenvalue weighted by atomic mass is 9.99. The molecule has 2 heterocycles. The molecule has 2 fully saturated rings. The second kappa shape index (κ2) is 5.88. The van der Waals surface area contributed by atoms with Crippen LogP contribution in [0.3, 0.4) is 0 Å². The summed E-state index contributed by atoms with van der Waals surface area (Å²) in [5.74, 6) is 0. The molecule has 2 saturated heterocycles. The van der Waals surface area contributed by atoms with Gasteiger partial charge < -0.3 is 5.32 Å². The standard InChI is InChI=1S/C14H18N4O4/c19-17(20)10-4-5-11(14(9-10)18(21)22)15-12-6-8-16-7-2-1-3-13(12)16/h4-5,9,12-13,15H,1-3,6-8H2. The summed E-state index contributed by atoms with van der Waals surface area (Å²) in [4.78, 5) is 23.2. The van der Waals surface area contributed by atoms with Crippen molar-refractivity contribution in [1.82, 2.24) is 4.90 Å². The number of rotatable bonds is 4. The van der Waals surface area contributed by atoms with Crippen LogP contribution in [0.25, 0.3) is 0 Å². The number of hydrogen-bond acceptors (Lipinski definition) is 6. The molecule has 1 aromatic carbocycles. The zero-order chi connectivity index (χ0) is 15.7. The Morgan fingerprint density at radius 1 is 1.09 bits per heavy atom. The molecule has 118 valence electrons. The van der Waals surface area contributed by atoms with Crippen molar-refractivity contribution in [1.29, 1.82) is 0 Å². The third-order valence-electron chi connectivity index (χ3n) is 4.59. The van der Waals surface area contributed by atoms with Crippen molar-refractivity contribution in [3.05, 3.63) is 38.4 Å². The Labute approximate surface area is 127 Å². The maximum Gasteiger partial charge on any atom is 0.299 e. The lowest BCUT2D eigenvalue weighted by molar-refractivity contribution is -0.393. The van der Waals surface area contributed by atoms with Crippen molar-refractivity contribution in [2.75, 3.05) is 18.4 Å². The molecule has 3 rings (SSSR count). The number of piperidine rings is 1. The fourth-order valence-corrected chi connectivity index (χ4v) is 3.52. The summed E-state index contributed by atoms with van der Waals surface area (Å²) in [6.45, 7) is 2.09. The number of nitro groups is 2. The minimum absolute atomic E-state index is 0.167. The fourth-order valence-electron chi connectivity index (χ4n) is 3.52. The number of nitrogens with one attached hydrogen (secondary N) is 1. The summed E-state index contributed by atoms with van der Waals surface area (Å²) in [6.07, 6.45) is 4.43. The van der Waals surface area contributed by atoms with Crippen LogP contribution < -0.4 is 5.32 Å². The van der Waals surface area contributed by atoms with Crippen LogP contribution in [0.1, 0.15) is 25.7 Å². The van der Waals surface area contributed by atoms with Crippen molar-refractivity contribution in [3.63, 3.8) is 0 Å². The normalized spacial score (nSPS) is 24.7. The van der Waals surface area contributed by atoms with Crippen molar-refractivity contribution < 1.29 is 9.85 Å². The third-order valence-corrected chi connectivity index (χ3v) is 4.59. The van der Waals surface area contributed by atoms with E-state index < -0.39 is 9.85 Å². The van der Waals surface area contributed by atoms with Gasteiger partial charge in [-0.3, -0.25) is 25.1 Å². The number of non-ortho nitro benzene ring substituents is 1. The van der Waals surface area contributed by atoms with E-state index >= 15 is 0 Å². The topological polar surface area (TPSA) is 102 Å². The molecule has 8 nitrogen and oxygen atoms in total. The molecule has 0 saturated carbocycles. The van der Waals surface area contributed by atoms with Crippen molar-refractivity contribution >= 4 is 17.1 Å². The quantitative estimate of drug-likeness (QED) is 0.677. The monoisotopic (exact) mass is 306 g/mol. The van der Waals surface area contributed by atoms with Crippen LogP contribution in [0.2, 0.25) is 0 Å². The first-order valence-electron chi connectivity index (χ1n) is 7.49. The van der Waals surface area contributed by atoms with E-state index in [-0.39, 0.29) is 17.4 Å². The van der Waals surface area contributed by atoms with E-state index in [0.717, 1.165) is 32.0 Å². The van der Waals surface area contributed by atoms with Crippen LogP contribution in [0.15, 0.2) is 18.2 Å². The van der Waals surface area contributed by atoms with Gasteiger partial charge in [-0.05, 0) is 31.9 Å². The molecule has 1 aromatic rings. The van der Waals surface area contributed by atoms with Crippen molar-refractivity contribution in [2.24, 2.45) is 0 Å². The van der Waals surface area contributed by atoms with Gasteiger partial charge in [0.2, 0.25) is 0 Å². The van der Waals surface area contributed by atoms with E-state index in [4.69, 9.17) is 0 Å². The van der Waals surface area contributed by atoms with E-state index in [9.17, 15) is 20.2 Å². The van der Waals surface area contributed by atoms with E-state index in [0.29, 0.717) is 11.7 Å². The molecule has 2 aliphatic rings. The molecule has 2 unspecified atom stereocenters. The van der Waals surface area contributed by atoms with Gasteiger partial charge in [0.15, 0.2) is 0 Å². The van der Waals surface area contributed by atoms with Gasteiger partial charge in [-0.15, -0.1) is 0 Å². The Bertz CT molecular complexity index is 607. The van der Waals surface area contributed by atoms with Gasteiger partial charge in [0.25, 0.3) is 11.4 Å². The highest BCUT2D eigenvalue weighted by molar-refractivity contribution is 5.65. The van der Waals surface area contributed by atoms with Gasteiger partial charge in [0.1, 0.15) is 5.69 Å². The lowest BCUT2D eigenvalue weighted by Crippen LogP contribution is -2.41. The zero-order valence-corrected chi connectivity index (χ0v) is 12.1. The molecule has 1 N–H and O–H groups in total. The first-order valence-corrected chi connectivity index (χ1v) is 7.49. The second-order valence-electron chi connectivity index (χ2n) is 5.85. The Hall–Kier alpha value is -2.22. The number of nitro benzene ring substituents is 2. The van der Waals surface area contributed by atoms with E-state index in [1.807, 2.05) is 0 Å². The molecule has 8 heteroatoms. The predicted octanol–water partition coefficient (Wildman–Crippen LogP) is 2.54. The Kier molecular flexibility index (Phi) is 3.93. The molecule has 0 aromatic heterocycles. The molecule has 2 aliphatic heterocycles. The van der Waals surface area contributed by atoms with Gasteiger partial charge in [-0.1, -0.05) is 6.42 Å². The number of fused-ring (bicyclic) bond motifs is 1. The summed E-state index contributed by atoms with van der Waals surface area (Å²) in [5.41, 5.74) is -0.126. The van der Waals surface area contributed by atoms with Gasteiger partial charge >= 0.3 is 0 Å². The second-order valence-corrected chi connectivity index (χ2v) is 5.85. The van der Waals surface area contributed by atoms with Crippen LogP contribution in [-0.4, -0.2) is 39.9 Å². The highest BCUT2D eigenvalue weighted by atomic mass is 16.6. The number of anilines is 1. The summed E-state index contributed by atoms with van der Waals surface area (Å²) in [7, 11) is 0. The maximum atomic E-state index is 11.2. The summed E-state index contributed by atoms with van der Waals surface area (Å²) < 4.78 is 0. The first-order chi connectivity index (χ1) is 10.6. The van der Waals surface area contributed by atoms with Crippen LogP contribution in [0.4, 0.5) is 17.1 Å². The molecule has 0 aliphatic carbocycles. The Morgan fingerprint density at radius 3 is 2.64 bits per heavy atom. The van der Waals surface area contributed by atoms with E-state index in [1.54, 1.807) is 0 Å². The predicted molar refractivity (Wildman–Crippen MR) is 81.0 cm³/mol. The molecule has 22 heavy (non-hydrogen) atoms. The number of benzene rings is 1. The van der Waals surface area contributed by atoms with Gasteiger partial charge in [-0.25, -0.2) is 0 Å². The molecular formula is C14H18N4O4. The van der Waals surface area contributed by atoms with Crippen molar-refractivity contribution in [2.45, 2.75) is 37.8 Å². The largest absolute Gasteiger partial charge is 0.375 e. The van der Waals surface area contributed by atoms with Crippen molar-refractivity contribution in [3.8, 4) is 0 Å². The van der Waals surface area contributed by atoms with Gasteiger partial charge in [0, 0.05) is 24.7 Å². The van der Waals surface area contributed by atoms with Crippen LogP contribution in [-0.2, 0) is 0 Å². The molecule has 2 atom stereocenters. The van der Waals surface area contributed by atoms with Crippen LogP contribution in [0, 0.1) is 20.2 Å². The zero-order valence-electron chi connectivity index (χ0n) is 12.1. The molecule has 0 spiro atoms. The summed E-state index contributed by atoms with van der Waals surface area (Å²) in [6, 6.07) is 4.35. The minimum Gasteiger partial charge on any atom is -0.375 e. The highest BCUT2D eigenvalue weighted by Gasteiger charge is 2.36. The highest BCUT2D eigenvalue weighted by Crippen LogP contribution is 2.34. The molecule has 0 radical (unpaired) electrons.